The number of hydrazone groups is 1. The number of nitrogens with zero attached hydrogens (tertiary/aromatic N) is 3. The zero-order valence-corrected chi connectivity index (χ0v) is 25.3. The number of benzene rings is 1. The lowest BCUT2D eigenvalue weighted by Crippen LogP contribution is -2.36. The van der Waals surface area contributed by atoms with Gasteiger partial charge in [-0.15, -0.1) is 6.58 Å². The van der Waals surface area contributed by atoms with E-state index >= 15 is 0 Å². The number of allylic oxidation sites excluding steroid dienone is 3. The van der Waals surface area contributed by atoms with Crippen LogP contribution in [-0.2, 0) is 19.3 Å². The molecule has 212 valence electrons. The van der Waals surface area contributed by atoms with E-state index in [4.69, 9.17) is 0 Å². The highest BCUT2D eigenvalue weighted by Crippen LogP contribution is 2.41. The molecule has 0 spiro atoms. The Morgan fingerprint density at radius 1 is 1.21 bits per heavy atom. The molecule has 1 fully saturated rings. The maximum Gasteiger partial charge on any atom is 0.108 e. The van der Waals surface area contributed by atoms with Gasteiger partial charge < -0.3 is 0 Å². The SMILES string of the molecule is C=CCc1ccc2c(c1)C[C@H]1CC[C@@H](C2)C1NSN(CC)CCC.C=NN(C)CC(/C=C\CF)=C/C(C)C. The zero-order valence-electron chi connectivity index (χ0n) is 24.5. The molecule has 0 aliphatic heterocycles. The van der Waals surface area contributed by atoms with Crippen molar-refractivity contribution in [3.63, 3.8) is 0 Å². The third-order valence-electron chi connectivity index (χ3n) is 7.30. The number of fused-ring (bicyclic) bond motifs is 3. The quantitative estimate of drug-likeness (QED) is 0.0870. The Kier molecular flexibility index (Phi) is 15.0. The zero-order chi connectivity index (χ0) is 27.9. The monoisotopic (exact) mass is 542 g/mol. The molecule has 1 aromatic rings. The first kappa shape index (κ1) is 32.3. The number of rotatable bonds is 14. The average Bonchev–Trinajstić information content (AvgIpc) is 3.18. The van der Waals surface area contributed by atoms with Gasteiger partial charge in [-0.2, -0.15) is 5.10 Å². The number of likely N-dealkylation sites (N-methyl/N-ethyl adjacent to an activating group) is 1. The Balaban J connectivity index is 0.000000312. The molecule has 6 heteroatoms. The topological polar surface area (TPSA) is 30.9 Å². The summed E-state index contributed by atoms with van der Waals surface area (Å²) in [4.78, 5) is 0. The standard InChI is InChI=1S/C21H32N2S.C11H19FN2/c1-4-7-16-8-9-17-14-18-10-11-19(15-20(17)13-16)21(18)22-24-23(6-3)12-5-2;1-10(2)8-11(6-5-7-12)9-14(4)13-3/h4,8-9,13,18-19,21-22H,1,5-7,10-12,14-15H2,2-3H3;5-6,8,10H,3,7,9H2,1-2,4H3/b;6-5-,11-8+/t18-,19+,21?;/m0./s1. The molecule has 1 aromatic carbocycles. The van der Waals surface area contributed by atoms with E-state index in [2.05, 4.69) is 79.4 Å². The maximum atomic E-state index is 11.9. The van der Waals surface area contributed by atoms with E-state index in [0.29, 0.717) is 18.5 Å². The lowest BCUT2D eigenvalue weighted by Gasteiger charge is -2.27. The molecular weight excluding hydrogens is 491 g/mol. The Morgan fingerprint density at radius 3 is 2.50 bits per heavy atom. The molecule has 2 aliphatic carbocycles. The summed E-state index contributed by atoms with van der Waals surface area (Å²) < 4.78 is 18.3. The Bertz CT molecular complexity index is 913. The van der Waals surface area contributed by atoms with Crippen molar-refractivity contribution >= 4 is 18.9 Å². The molecule has 0 saturated heterocycles. The van der Waals surface area contributed by atoms with Gasteiger partial charge in [0.2, 0.25) is 0 Å². The molecule has 3 atom stereocenters. The first-order valence-corrected chi connectivity index (χ1v) is 15.1. The van der Waals surface area contributed by atoms with Crippen molar-refractivity contribution in [2.75, 3.05) is 33.4 Å². The first-order chi connectivity index (χ1) is 18.3. The fourth-order valence-electron chi connectivity index (χ4n) is 5.50. The van der Waals surface area contributed by atoms with E-state index in [1.54, 1.807) is 22.2 Å². The summed E-state index contributed by atoms with van der Waals surface area (Å²) in [6, 6.07) is 7.79. The molecule has 0 radical (unpaired) electrons. The van der Waals surface area contributed by atoms with Gasteiger partial charge >= 0.3 is 0 Å². The summed E-state index contributed by atoms with van der Waals surface area (Å²) in [5.41, 5.74) is 5.67. The third-order valence-corrected chi connectivity index (χ3v) is 8.38. The van der Waals surface area contributed by atoms with Crippen LogP contribution in [0.15, 0.2) is 59.8 Å². The minimum atomic E-state index is -0.430. The Hall–Kier alpha value is -1.89. The van der Waals surface area contributed by atoms with Crippen LogP contribution in [0.1, 0.15) is 63.6 Å². The van der Waals surface area contributed by atoms with E-state index in [-0.39, 0.29) is 0 Å². The number of hydrogen-bond acceptors (Lipinski definition) is 5. The van der Waals surface area contributed by atoms with Gasteiger partial charge in [-0.25, -0.2) is 13.4 Å². The van der Waals surface area contributed by atoms with Crippen LogP contribution in [0.2, 0.25) is 0 Å². The van der Waals surface area contributed by atoms with Gasteiger partial charge in [-0.3, -0.25) is 5.01 Å². The van der Waals surface area contributed by atoms with E-state index in [0.717, 1.165) is 30.4 Å². The fraction of sp³-hybridized carbons (Fsp3) is 0.594. The molecule has 38 heavy (non-hydrogen) atoms. The lowest BCUT2D eigenvalue weighted by atomic mass is 9.91. The highest BCUT2D eigenvalue weighted by molar-refractivity contribution is 7.95. The van der Waals surface area contributed by atoms with Crippen molar-refractivity contribution in [3.8, 4) is 0 Å². The molecule has 0 heterocycles. The minimum absolute atomic E-state index is 0.430. The van der Waals surface area contributed by atoms with Gasteiger partial charge in [-0.05, 0) is 78.5 Å². The molecule has 3 rings (SSSR count). The molecule has 4 nitrogen and oxygen atoms in total. The Labute approximate surface area is 236 Å². The van der Waals surface area contributed by atoms with Crippen LogP contribution in [0, 0.1) is 17.8 Å². The van der Waals surface area contributed by atoms with Gasteiger partial charge in [0.1, 0.15) is 6.67 Å². The van der Waals surface area contributed by atoms with Crippen molar-refractivity contribution in [3.05, 3.63) is 71.3 Å². The average molecular weight is 543 g/mol. The van der Waals surface area contributed by atoms with Gasteiger partial charge in [0.05, 0.1) is 6.54 Å². The lowest BCUT2D eigenvalue weighted by molar-refractivity contribution is 0.390. The molecule has 1 N–H and O–H groups in total. The predicted molar refractivity (Wildman–Crippen MR) is 166 cm³/mol. The fourth-order valence-corrected chi connectivity index (χ4v) is 6.56. The summed E-state index contributed by atoms with van der Waals surface area (Å²) in [6.45, 7) is 18.5. The first-order valence-electron chi connectivity index (χ1n) is 14.3. The van der Waals surface area contributed by atoms with Gasteiger partial charge in [0.15, 0.2) is 0 Å². The van der Waals surface area contributed by atoms with Crippen LogP contribution in [0.5, 0.6) is 0 Å². The molecule has 0 amide bonds. The molecule has 1 unspecified atom stereocenters. The summed E-state index contributed by atoms with van der Waals surface area (Å²) in [5.74, 6) is 2.05. The van der Waals surface area contributed by atoms with Gasteiger partial charge in [0, 0.05) is 45.0 Å². The van der Waals surface area contributed by atoms with E-state index in [1.807, 2.05) is 25.3 Å². The number of alkyl halides is 1. The smallest absolute Gasteiger partial charge is 0.108 e. The van der Waals surface area contributed by atoms with E-state index in [9.17, 15) is 4.39 Å². The highest BCUT2D eigenvalue weighted by atomic mass is 32.2. The highest BCUT2D eigenvalue weighted by Gasteiger charge is 2.39. The third kappa shape index (κ3) is 10.7. The van der Waals surface area contributed by atoms with Crippen molar-refractivity contribution in [2.45, 2.75) is 72.3 Å². The molecule has 0 aromatic heterocycles. The molecule has 2 bridgehead atoms. The van der Waals surface area contributed by atoms with Crippen LogP contribution in [0.3, 0.4) is 0 Å². The van der Waals surface area contributed by atoms with E-state index in [1.165, 1.54) is 50.3 Å². The van der Waals surface area contributed by atoms with Crippen molar-refractivity contribution in [2.24, 2.45) is 22.9 Å². The maximum absolute atomic E-state index is 11.9. The van der Waals surface area contributed by atoms with Crippen LogP contribution in [0.4, 0.5) is 4.39 Å². The summed E-state index contributed by atoms with van der Waals surface area (Å²) in [7, 11) is 1.84. The van der Waals surface area contributed by atoms with Crippen LogP contribution >= 0.6 is 12.1 Å². The number of nitrogens with one attached hydrogen (secondary N) is 1. The molecule has 2 aliphatic rings. The second-order valence-corrected chi connectivity index (χ2v) is 11.8. The van der Waals surface area contributed by atoms with Crippen molar-refractivity contribution in [1.29, 1.82) is 0 Å². The number of hydrogen-bond donors (Lipinski definition) is 1. The minimum Gasteiger partial charge on any atom is -0.296 e. The van der Waals surface area contributed by atoms with Gasteiger partial charge in [-0.1, -0.05) is 70.2 Å². The summed E-state index contributed by atoms with van der Waals surface area (Å²) >= 11 is 1.87. The largest absolute Gasteiger partial charge is 0.296 e. The van der Waals surface area contributed by atoms with E-state index < -0.39 is 6.67 Å². The second kappa shape index (κ2) is 17.6. The molecule has 1 saturated carbocycles. The van der Waals surface area contributed by atoms with Crippen molar-refractivity contribution in [1.82, 2.24) is 14.0 Å². The summed E-state index contributed by atoms with van der Waals surface area (Å²) in [5, 5.41) is 5.48. The van der Waals surface area contributed by atoms with Crippen LogP contribution in [0.25, 0.3) is 0 Å². The summed E-state index contributed by atoms with van der Waals surface area (Å²) in [6.07, 6.45) is 14.9. The van der Waals surface area contributed by atoms with Crippen LogP contribution in [-0.4, -0.2) is 55.4 Å². The second-order valence-electron chi connectivity index (χ2n) is 10.9. The molecular formula is C32H51FN4S. The predicted octanol–water partition coefficient (Wildman–Crippen LogP) is 7.44. The van der Waals surface area contributed by atoms with Gasteiger partial charge in [0.25, 0.3) is 0 Å². The van der Waals surface area contributed by atoms with Crippen molar-refractivity contribution < 1.29 is 4.39 Å². The Morgan fingerprint density at radius 2 is 1.92 bits per heavy atom. The normalized spacial score (nSPS) is 20.7. The number of halogens is 1. The van der Waals surface area contributed by atoms with Crippen LogP contribution < -0.4 is 4.72 Å².